The van der Waals surface area contributed by atoms with Crippen LogP contribution in [0.3, 0.4) is 0 Å². The fourth-order valence-corrected chi connectivity index (χ4v) is 8.28. The van der Waals surface area contributed by atoms with Gasteiger partial charge in [-0.25, -0.2) is 0 Å². The van der Waals surface area contributed by atoms with E-state index in [9.17, 15) is 0 Å². The molecule has 11 rings (SSSR count). The number of para-hydroxylation sites is 5. The molecule has 3 heterocycles. The first kappa shape index (κ1) is 26.5. The van der Waals surface area contributed by atoms with E-state index in [1.54, 1.807) is 0 Å². The van der Waals surface area contributed by atoms with Crippen LogP contribution in [-0.4, -0.2) is 9.13 Å². The van der Waals surface area contributed by atoms with Crippen LogP contribution in [-0.2, 0) is 0 Å². The van der Waals surface area contributed by atoms with E-state index in [1.165, 1.54) is 60.2 Å². The Morgan fingerprint density at radius 2 is 1.00 bits per heavy atom. The maximum Gasteiger partial charge on any atom is 0.160 e. The summed E-state index contributed by atoms with van der Waals surface area (Å²) in [4.78, 5) is 0. The van der Waals surface area contributed by atoms with Gasteiger partial charge in [-0.1, -0.05) is 127 Å². The van der Waals surface area contributed by atoms with E-state index in [0.717, 1.165) is 38.7 Å². The third-order valence-electron chi connectivity index (χ3n) is 10.3. The second kappa shape index (κ2) is 9.96. The van der Waals surface area contributed by atoms with Gasteiger partial charge in [0.2, 0.25) is 0 Å². The van der Waals surface area contributed by atoms with Crippen molar-refractivity contribution in [2.45, 2.75) is 0 Å². The largest absolute Gasteiger partial charge is 0.454 e. The molecule has 0 spiro atoms. The molecule has 0 fully saturated rings. The molecule has 3 nitrogen and oxygen atoms in total. The zero-order valence-corrected chi connectivity index (χ0v) is 26.5. The van der Waals surface area contributed by atoms with Gasteiger partial charge < -0.3 is 13.6 Å². The minimum atomic E-state index is 0.887. The average Bonchev–Trinajstić information content (AvgIpc) is 3.83. The van der Waals surface area contributed by atoms with E-state index >= 15 is 0 Å². The van der Waals surface area contributed by atoms with Crippen LogP contribution < -0.4 is 0 Å². The Kier molecular flexibility index (Phi) is 5.38. The predicted molar refractivity (Wildman–Crippen MR) is 205 cm³/mol. The molecule has 0 unspecified atom stereocenters. The Labute approximate surface area is 281 Å². The molecule has 11 aromatic rings. The Balaban J connectivity index is 1.37. The Morgan fingerprint density at radius 3 is 1.84 bits per heavy atom. The van der Waals surface area contributed by atoms with Crippen LogP contribution in [0.1, 0.15) is 0 Å². The molecule has 228 valence electrons. The minimum Gasteiger partial charge on any atom is -0.454 e. The molecule has 0 saturated carbocycles. The van der Waals surface area contributed by atoms with Gasteiger partial charge in [0.15, 0.2) is 5.58 Å². The molecular weight excluding hydrogens is 597 g/mol. The summed E-state index contributed by atoms with van der Waals surface area (Å²) in [6.07, 6.45) is 0. The third kappa shape index (κ3) is 3.62. The summed E-state index contributed by atoms with van der Waals surface area (Å²) >= 11 is 0. The van der Waals surface area contributed by atoms with Crippen LogP contribution in [0.2, 0.25) is 0 Å². The van der Waals surface area contributed by atoms with E-state index in [-0.39, 0.29) is 0 Å². The fraction of sp³-hybridized carbons (Fsp3) is 0. The summed E-state index contributed by atoms with van der Waals surface area (Å²) in [5, 5.41) is 9.53. The van der Waals surface area contributed by atoms with E-state index in [4.69, 9.17) is 4.42 Å². The number of fused-ring (bicyclic) bond motifs is 11. The van der Waals surface area contributed by atoms with Gasteiger partial charge in [-0.05, 0) is 53.4 Å². The van der Waals surface area contributed by atoms with Crippen molar-refractivity contribution < 1.29 is 4.42 Å². The lowest BCUT2D eigenvalue weighted by atomic mass is 9.95. The molecule has 0 bridgehead atoms. The van der Waals surface area contributed by atoms with Crippen molar-refractivity contribution in [2.75, 3.05) is 0 Å². The second-order valence-electron chi connectivity index (χ2n) is 12.9. The molecule has 0 aliphatic carbocycles. The summed E-state index contributed by atoms with van der Waals surface area (Å²) in [6.45, 7) is 0. The van der Waals surface area contributed by atoms with Crippen molar-refractivity contribution in [1.82, 2.24) is 9.13 Å². The SMILES string of the molecule is c1ccc(-n2c3ccccc3c3cc(-c4cccc5c6ccccc6n(-c6cccc7ccccc67)c45)c4c5ccccc5oc4c32)cc1. The van der Waals surface area contributed by atoms with Gasteiger partial charge in [0, 0.05) is 49.0 Å². The van der Waals surface area contributed by atoms with Gasteiger partial charge >= 0.3 is 0 Å². The van der Waals surface area contributed by atoms with Gasteiger partial charge in [0.25, 0.3) is 0 Å². The highest BCUT2D eigenvalue weighted by atomic mass is 16.3. The molecule has 3 aromatic heterocycles. The maximum atomic E-state index is 6.94. The first-order chi connectivity index (χ1) is 24.3. The van der Waals surface area contributed by atoms with E-state index in [2.05, 4.69) is 179 Å². The lowest BCUT2D eigenvalue weighted by Gasteiger charge is -2.15. The topological polar surface area (TPSA) is 23.0 Å². The molecule has 3 heteroatoms. The van der Waals surface area contributed by atoms with Crippen molar-refractivity contribution >= 4 is 76.3 Å². The van der Waals surface area contributed by atoms with Crippen molar-refractivity contribution in [3.63, 3.8) is 0 Å². The van der Waals surface area contributed by atoms with Crippen molar-refractivity contribution in [3.05, 3.63) is 170 Å². The standard InChI is InChI=1S/C46H28N2O/c1-2-16-30(17-3-1)47-40-24-9-7-20-33(40)38-28-37(43-36-21-8-11-27-42(36)49-46(43)45(38)47)35-23-13-22-34-32-19-6-10-25-41(32)48(44(34)35)39-26-12-15-29-14-4-5-18-31(29)39/h1-28H. The first-order valence-electron chi connectivity index (χ1n) is 16.8. The maximum absolute atomic E-state index is 6.94. The Bertz CT molecular complexity index is 3100. The monoisotopic (exact) mass is 624 g/mol. The molecule has 0 radical (unpaired) electrons. The van der Waals surface area contributed by atoms with Crippen molar-refractivity contribution in [3.8, 4) is 22.5 Å². The Hall–Kier alpha value is -6.58. The lowest BCUT2D eigenvalue weighted by Crippen LogP contribution is -1.97. The summed E-state index contributed by atoms with van der Waals surface area (Å²) in [7, 11) is 0. The van der Waals surface area contributed by atoms with Crippen LogP contribution >= 0.6 is 0 Å². The molecule has 8 aromatic carbocycles. The molecule has 0 aliphatic rings. The zero-order valence-electron chi connectivity index (χ0n) is 26.5. The molecule has 0 aliphatic heterocycles. The number of nitrogens with zero attached hydrogens (tertiary/aromatic N) is 2. The molecule has 0 saturated heterocycles. The quantitative estimate of drug-likeness (QED) is 0.192. The van der Waals surface area contributed by atoms with Crippen LogP contribution in [0.25, 0.3) is 98.8 Å². The molecule has 0 atom stereocenters. The number of benzene rings is 8. The van der Waals surface area contributed by atoms with Gasteiger partial charge in [-0.15, -0.1) is 0 Å². The number of furan rings is 1. The van der Waals surface area contributed by atoms with Crippen LogP contribution in [0.15, 0.2) is 174 Å². The Morgan fingerprint density at radius 1 is 0.388 bits per heavy atom. The molecule has 0 N–H and O–H groups in total. The van der Waals surface area contributed by atoms with E-state index in [0.29, 0.717) is 0 Å². The van der Waals surface area contributed by atoms with Crippen LogP contribution in [0.5, 0.6) is 0 Å². The van der Waals surface area contributed by atoms with E-state index < -0.39 is 0 Å². The highest BCUT2D eigenvalue weighted by Crippen LogP contribution is 2.48. The predicted octanol–water partition coefficient (Wildman–Crippen LogP) is 12.6. The van der Waals surface area contributed by atoms with Gasteiger partial charge in [-0.2, -0.15) is 0 Å². The summed E-state index contributed by atoms with van der Waals surface area (Å²) < 4.78 is 11.8. The summed E-state index contributed by atoms with van der Waals surface area (Å²) in [6, 6.07) is 61.1. The second-order valence-corrected chi connectivity index (χ2v) is 12.9. The van der Waals surface area contributed by atoms with Crippen LogP contribution in [0, 0.1) is 0 Å². The molecule has 49 heavy (non-hydrogen) atoms. The zero-order chi connectivity index (χ0) is 32.1. The van der Waals surface area contributed by atoms with E-state index in [1.807, 2.05) is 0 Å². The lowest BCUT2D eigenvalue weighted by molar-refractivity contribution is 0.671. The fourth-order valence-electron chi connectivity index (χ4n) is 8.28. The summed E-state index contributed by atoms with van der Waals surface area (Å²) in [5.74, 6) is 0. The average molecular weight is 625 g/mol. The highest BCUT2D eigenvalue weighted by Gasteiger charge is 2.25. The third-order valence-corrected chi connectivity index (χ3v) is 10.3. The van der Waals surface area contributed by atoms with Gasteiger partial charge in [0.05, 0.1) is 27.8 Å². The smallest absolute Gasteiger partial charge is 0.160 e. The number of hydrogen-bond donors (Lipinski definition) is 0. The van der Waals surface area contributed by atoms with Gasteiger partial charge in [0.1, 0.15) is 5.58 Å². The van der Waals surface area contributed by atoms with Crippen LogP contribution in [0.4, 0.5) is 0 Å². The summed E-state index contributed by atoms with van der Waals surface area (Å²) in [5.41, 5.74) is 11.0. The highest BCUT2D eigenvalue weighted by molar-refractivity contribution is 6.28. The normalized spacial score (nSPS) is 12.1. The van der Waals surface area contributed by atoms with Crippen molar-refractivity contribution in [2.24, 2.45) is 0 Å². The minimum absolute atomic E-state index is 0.887. The van der Waals surface area contributed by atoms with Crippen molar-refractivity contribution in [1.29, 1.82) is 0 Å². The number of aromatic nitrogens is 2. The molecular formula is C46H28N2O. The number of rotatable bonds is 3. The first-order valence-corrected chi connectivity index (χ1v) is 16.8. The number of hydrogen-bond acceptors (Lipinski definition) is 1. The molecule has 0 amide bonds. The van der Waals surface area contributed by atoms with Gasteiger partial charge in [-0.3, -0.25) is 0 Å².